The van der Waals surface area contributed by atoms with E-state index in [2.05, 4.69) is 13.8 Å². The molecule has 112 valence electrons. The van der Waals surface area contributed by atoms with Crippen LogP contribution in [0, 0.1) is 11.3 Å². The molecule has 0 aromatic carbocycles. The van der Waals surface area contributed by atoms with Gasteiger partial charge in [-0.3, -0.25) is 9.63 Å². The fraction of sp³-hybridized carbons (Fsp3) is 0.929. The number of hydrogen-bond acceptors (Lipinski definition) is 4. The Morgan fingerprint density at radius 3 is 2.32 bits per heavy atom. The molecule has 1 amide bonds. The molecule has 1 fully saturated rings. The summed E-state index contributed by atoms with van der Waals surface area (Å²) in [4.78, 5) is 16.9. The Balaban J connectivity index is 2.64. The van der Waals surface area contributed by atoms with E-state index in [-0.39, 0.29) is 17.2 Å². The SMILES string of the molecule is CCC1(CC(C)C(=O)N(C)OC)OCC(C)(C)CO1. The van der Waals surface area contributed by atoms with Crippen molar-refractivity contribution < 1.29 is 19.1 Å². The third kappa shape index (κ3) is 4.16. The first kappa shape index (κ1) is 16.4. The molecule has 0 N–H and O–H groups in total. The van der Waals surface area contributed by atoms with Crippen molar-refractivity contribution in [2.75, 3.05) is 27.4 Å². The normalized spacial score (nSPS) is 22.8. The van der Waals surface area contributed by atoms with Crippen molar-refractivity contribution in [2.24, 2.45) is 11.3 Å². The van der Waals surface area contributed by atoms with Crippen LogP contribution in [0.25, 0.3) is 0 Å². The Labute approximate surface area is 116 Å². The molecule has 1 saturated heterocycles. The molecule has 5 heteroatoms. The highest BCUT2D eigenvalue weighted by atomic mass is 16.7. The summed E-state index contributed by atoms with van der Waals surface area (Å²) >= 11 is 0. The Morgan fingerprint density at radius 1 is 1.37 bits per heavy atom. The van der Waals surface area contributed by atoms with E-state index < -0.39 is 5.79 Å². The van der Waals surface area contributed by atoms with Crippen LogP contribution in [0.15, 0.2) is 0 Å². The van der Waals surface area contributed by atoms with Gasteiger partial charge in [0.05, 0.1) is 20.3 Å². The van der Waals surface area contributed by atoms with Gasteiger partial charge in [0.1, 0.15) is 0 Å². The van der Waals surface area contributed by atoms with Crippen LogP contribution in [0.3, 0.4) is 0 Å². The van der Waals surface area contributed by atoms with E-state index >= 15 is 0 Å². The summed E-state index contributed by atoms with van der Waals surface area (Å²) in [6.07, 6.45) is 1.28. The molecule has 0 aromatic rings. The molecule has 0 aliphatic carbocycles. The van der Waals surface area contributed by atoms with E-state index in [9.17, 15) is 4.79 Å². The highest BCUT2D eigenvalue weighted by Gasteiger charge is 2.41. The molecule has 0 bridgehead atoms. The lowest BCUT2D eigenvalue weighted by atomic mass is 9.91. The van der Waals surface area contributed by atoms with Gasteiger partial charge >= 0.3 is 0 Å². The van der Waals surface area contributed by atoms with Crippen LogP contribution < -0.4 is 0 Å². The van der Waals surface area contributed by atoms with Crippen LogP contribution in [0.1, 0.15) is 40.5 Å². The summed E-state index contributed by atoms with van der Waals surface area (Å²) in [5.74, 6) is -0.905. The van der Waals surface area contributed by atoms with Crippen LogP contribution in [0.5, 0.6) is 0 Å². The van der Waals surface area contributed by atoms with Gasteiger partial charge in [-0.25, -0.2) is 5.06 Å². The number of hydroxylamine groups is 2. The first-order valence-corrected chi connectivity index (χ1v) is 6.85. The lowest BCUT2D eigenvalue weighted by Crippen LogP contribution is -2.49. The summed E-state index contributed by atoms with van der Waals surface area (Å²) in [6.45, 7) is 9.43. The van der Waals surface area contributed by atoms with Gasteiger partial charge in [0.25, 0.3) is 0 Å². The Morgan fingerprint density at radius 2 is 1.89 bits per heavy atom. The fourth-order valence-electron chi connectivity index (χ4n) is 2.16. The molecule has 0 aromatic heterocycles. The van der Waals surface area contributed by atoms with Gasteiger partial charge < -0.3 is 9.47 Å². The quantitative estimate of drug-likeness (QED) is 0.721. The Hall–Kier alpha value is -0.650. The van der Waals surface area contributed by atoms with Crippen molar-refractivity contribution in [3.63, 3.8) is 0 Å². The van der Waals surface area contributed by atoms with Gasteiger partial charge in [-0.05, 0) is 6.42 Å². The van der Waals surface area contributed by atoms with Crippen molar-refractivity contribution >= 4 is 5.91 Å². The minimum Gasteiger partial charge on any atom is -0.349 e. The smallest absolute Gasteiger partial charge is 0.248 e. The third-order valence-corrected chi connectivity index (χ3v) is 3.61. The molecule has 0 radical (unpaired) electrons. The Bertz CT molecular complexity index is 307. The summed E-state index contributed by atoms with van der Waals surface area (Å²) in [5.41, 5.74) is 0.0369. The van der Waals surface area contributed by atoms with Gasteiger partial charge in [-0.1, -0.05) is 27.7 Å². The zero-order valence-corrected chi connectivity index (χ0v) is 13.0. The molecular formula is C14H27NO4. The average molecular weight is 273 g/mol. The molecule has 0 spiro atoms. The fourth-order valence-corrected chi connectivity index (χ4v) is 2.16. The van der Waals surface area contributed by atoms with Crippen molar-refractivity contribution in [3.8, 4) is 0 Å². The maximum absolute atomic E-state index is 12.0. The maximum Gasteiger partial charge on any atom is 0.248 e. The lowest BCUT2D eigenvalue weighted by molar-refractivity contribution is -0.306. The van der Waals surface area contributed by atoms with Crippen LogP contribution in [-0.4, -0.2) is 44.1 Å². The standard InChI is InChI=1S/C14H27NO4/c1-7-14(18-9-13(3,4)10-19-14)8-11(2)12(16)15(5)17-6/h11H,7-10H2,1-6H3. The van der Waals surface area contributed by atoms with Gasteiger partial charge in [0.15, 0.2) is 5.79 Å². The molecule has 1 atom stereocenters. The summed E-state index contributed by atoms with van der Waals surface area (Å²) in [7, 11) is 3.10. The van der Waals surface area contributed by atoms with Crippen LogP contribution in [0.4, 0.5) is 0 Å². The molecule has 1 aliphatic heterocycles. The predicted molar refractivity (Wildman–Crippen MR) is 72.3 cm³/mol. The Kier molecular flexibility index (Phi) is 5.35. The van der Waals surface area contributed by atoms with E-state index in [1.54, 1.807) is 7.05 Å². The molecular weight excluding hydrogens is 246 g/mol. The van der Waals surface area contributed by atoms with Gasteiger partial charge in [-0.15, -0.1) is 0 Å². The zero-order valence-electron chi connectivity index (χ0n) is 13.0. The van der Waals surface area contributed by atoms with Crippen molar-refractivity contribution in [1.29, 1.82) is 0 Å². The summed E-state index contributed by atoms with van der Waals surface area (Å²) in [6, 6.07) is 0. The van der Waals surface area contributed by atoms with Crippen LogP contribution >= 0.6 is 0 Å². The number of carbonyl (C=O) groups excluding carboxylic acids is 1. The topological polar surface area (TPSA) is 48.0 Å². The minimum atomic E-state index is -0.640. The largest absolute Gasteiger partial charge is 0.349 e. The molecule has 1 unspecified atom stereocenters. The van der Waals surface area contributed by atoms with Crippen LogP contribution in [0.2, 0.25) is 0 Å². The van der Waals surface area contributed by atoms with Gasteiger partial charge in [0.2, 0.25) is 5.91 Å². The number of carbonyl (C=O) groups is 1. The summed E-state index contributed by atoms with van der Waals surface area (Å²) in [5, 5.41) is 1.25. The molecule has 19 heavy (non-hydrogen) atoms. The number of nitrogens with zero attached hydrogens (tertiary/aromatic N) is 1. The lowest BCUT2D eigenvalue weighted by Gasteiger charge is -2.44. The van der Waals surface area contributed by atoms with E-state index in [0.717, 1.165) is 6.42 Å². The second kappa shape index (κ2) is 6.20. The van der Waals surface area contributed by atoms with Crippen molar-refractivity contribution in [3.05, 3.63) is 0 Å². The number of ether oxygens (including phenoxy) is 2. The highest BCUT2D eigenvalue weighted by Crippen LogP contribution is 2.35. The molecule has 1 aliphatic rings. The molecule has 5 nitrogen and oxygen atoms in total. The van der Waals surface area contributed by atoms with Gasteiger partial charge in [0, 0.05) is 24.8 Å². The first-order chi connectivity index (χ1) is 8.75. The summed E-state index contributed by atoms with van der Waals surface area (Å²) < 4.78 is 11.9. The second-order valence-electron chi connectivity index (χ2n) is 6.13. The molecule has 1 heterocycles. The molecule has 0 saturated carbocycles. The zero-order chi connectivity index (χ0) is 14.7. The first-order valence-electron chi connectivity index (χ1n) is 6.85. The number of hydrogen-bond donors (Lipinski definition) is 0. The van der Waals surface area contributed by atoms with E-state index in [4.69, 9.17) is 14.3 Å². The van der Waals surface area contributed by atoms with E-state index in [1.807, 2.05) is 13.8 Å². The molecule has 1 rings (SSSR count). The van der Waals surface area contributed by atoms with E-state index in [0.29, 0.717) is 19.6 Å². The van der Waals surface area contributed by atoms with Crippen molar-refractivity contribution in [2.45, 2.75) is 46.3 Å². The van der Waals surface area contributed by atoms with Crippen molar-refractivity contribution in [1.82, 2.24) is 5.06 Å². The average Bonchev–Trinajstić information content (AvgIpc) is 2.39. The van der Waals surface area contributed by atoms with Gasteiger partial charge in [-0.2, -0.15) is 0 Å². The maximum atomic E-state index is 12.0. The predicted octanol–water partition coefficient (Wildman–Crippen LogP) is 2.21. The van der Waals surface area contributed by atoms with Crippen LogP contribution in [-0.2, 0) is 19.1 Å². The van der Waals surface area contributed by atoms with E-state index in [1.165, 1.54) is 12.2 Å². The minimum absolute atomic E-state index is 0.0369. The third-order valence-electron chi connectivity index (χ3n) is 3.61. The number of rotatable bonds is 5. The number of amides is 1. The monoisotopic (exact) mass is 273 g/mol. The second-order valence-corrected chi connectivity index (χ2v) is 6.13. The highest BCUT2D eigenvalue weighted by molar-refractivity contribution is 5.77.